The van der Waals surface area contributed by atoms with E-state index in [0.717, 1.165) is 15.8 Å². The van der Waals surface area contributed by atoms with Crippen LogP contribution >= 0.6 is 22.6 Å². The summed E-state index contributed by atoms with van der Waals surface area (Å²) in [7, 11) is -3.06. The molecule has 5 heteroatoms. The number of rotatable bonds is 0. The zero-order chi connectivity index (χ0) is 10.2. The van der Waals surface area contributed by atoms with Gasteiger partial charge in [-0.15, -0.1) is 0 Å². The molecule has 2 rings (SSSR count). The minimum Gasteiger partial charge on any atom is -0.384 e. The highest BCUT2D eigenvalue weighted by atomic mass is 127. The van der Waals surface area contributed by atoms with Gasteiger partial charge in [0.25, 0.3) is 0 Å². The Kier molecular flexibility index (Phi) is 2.70. The number of hydrogen-bond acceptors (Lipinski definition) is 3. The summed E-state index contributed by atoms with van der Waals surface area (Å²) in [5.41, 5.74) is 0.745. The Morgan fingerprint density at radius 3 is 2.93 bits per heavy atom. The van der Waals surface area contributed by atoms with Gasteiger partial charge in [-0.3, -0.25) is 0 Å². The molecule has 1 aliphatic heterocycles. The first-order valence-corrected chi connectivity index (χ1v) is 7.09. The summed E-state index contributed by atoms with van der Waals surface area (Å²) in [6.45, 7) is 0.728. The summed E-state index contributed by atoms with van der Waals surface area (Å²) in [4.78, 5) is 0.440. The van der Waals surface area contributed by atoms with Crippen LogP contribution in [-0.4, -0.2) is 20.7 Å². The molecule has 0 saturated heterocycles. The Morgan fingerprint density at radius 2 is 2.14 bits per heavy atom. The van der Waals surface area contributed by atoms with E-state index in [2.05, 4.69) is 27.9 Å². The normalized spacial score (nSPS) is 19.2. The standard InChI is InChI=1S/C9H10INO2S/c10-7-2-3-9-8(6-7)11-4-1-5-14(9,12)13/h2-3,6,11H,1,4-5H2. The molecule has 0 amide bonds. The lowest BCUT2D eigenvalue weighted by Gasteiger charge is -2.06. The lowest BCUT2D eigenvalue weighted by molar-refractivity contribution is 0.596. The average molecular weight is 323 g/mol. The van der Waals surface area contributed by atoms with Crippen molar-refractivity contribution in [3.63, 3.8) is 0 Å². The number of sulfone groups is 1. The summed E-state index contributed by atoms with van der Waals surface area (Å²) in [5.74, 6) is 0.244. The maximum atomic E-state index is 11.8. The van der Waals surface area contributed by atoms with Gasteiger partial charge in [0, 0.05) is 10.1 Å². The van der Waals surface area contributed by atoms with Crippen LogP contribution in [0.4, 0.5) is 5.69 Å². The molecule has 1 aromatic rings. The fourth-order valence-electron chi connectivity index (χ4n) is 1.51. The Hall–Kier alpha value is -0.300. The Balaban J connectivity index is 2.62. The van der Waals surface area contributed by atoms with Gasteiger partial charge in [0.15, 0.2) is 9.84 Å². The monoisotopic (exact) mass is 323 g/mol. The first-order chi connectivity index (χ1) is 6.59. The van der Waals surface area contributed by atoms with E-state index in [9.17, 15) is 8.42 Å². The molecule has 0 aromatic heterocycles. The third-order valence-electron chi connectivity index (χ3n) is 2.18. The van der Waals surface area contributed by atoms with Crippen molar-refractivity contribution in [3.8, 4) is 0 Å². The third-order valence-corrected chi connectivity index (χ3v) is 4.71. The smallest absolute Gasteiger partial charge is 0.180 e. The van der Waals surface area contributed by atoms with Gasteiger partial charge in [0.1, 0.15) is 0 Å². The Labute approximate surface area is 97.0 Å². The molecule has 1 heterocycles. The number of halogens is 1. The largest absolute Gasteiger partial charge is 0.384 e. The molecule has 1 aliphatic rings. The van der Waals surface area contributed by atoms with Gasteiger partial charge in [-0.2, -0.15) is 0 Å². The van der Waals surface area contributed by atoms with Gasteiger partial charge < -0.3 is 5.32 Å². The van der Waals surface area contributed by atoms with E-state index in [1.165, 1.54) is 0 Å². The molecule has 0 radical (unpaired) electrons. The molecular formula is C9H10INO2S. The minimum atomic E-state index is -3.06. The highest BCUT2D eigenvalue weighted by molar-refractivity contribution is 14.1. The lowest BCUT2D eigenvalue weighted by Crippen LogP contribution is -2.05. The molecule has 0 unspecified atom stereocenters. The van der Waals surface area contributed by atoms with Gasteiger partial charge in [-0.1, -0.05) is 0 Å². The number of nitrogens with one attached hydrogen (secondary N) is 1. The molecule has 0 fully saturated rings. The van der Waals surface area contributed by atoms with Crippen molar-refractivity contribution < 1.29 is 8.42 Å². The van der Waals surface area contributed by atoms with Crippen molar-refractivity contribution in [1.82, 2.24) is 0 Å². The summed E-state index contributed by atoms with van der Waals surface area (Å²) >= 11 is 2.18. The molecule has 0 atom stereocenters. The van der Waals surface area contributed by atoms with Crippen LogP contribution in [0.15, 0.2) is 23.1 Å². The van der Waals surface area contributed by atoms with Gasteiger partial charge in [0.2, 0.25) is 0 Å². The van der Waals surface area contributed by atoms with E-state index < -0.39 is 9.84 Å². The van der Waals surface area contributed by atoms with Crippen molar-refractivity contribution in [2.24, 2.45) is 0 Å². The van der Waals surface area contributed by atoms with E-state index in [-0.39, 0.29) is 5.75 Å². The summed E-state index contributed by atoms with van der Waals surface area (Å²) < 4.78 is 24.6. The van der Waals surface area contributed by atoms with Crippen molar-refractivity contribution in [3.05, 3.63) is 21.8 Å². The second-order valence-corrected chi connectivity index (χ2v) is 6.56. The molecule has 76 valence electrons. The highest BCUT2D eigenvalue weighted by Crippen LogP contribution is 2.27. The summed E-state index contributed by atoms with van der Waals surface area (Å²) in [5, 5.41) is 3.14. The molecule has 1 aromatic carbocycles. The second-order valence-electron chi connectivity index (χ2n) is 3.24. The van der Waals surface area contributed by atoms with Gasteiger partial charge in [0.05, 0.1) is 16.3 Å². The fraction of sp³-hybridized carbons (Fsp3) is 0.333. The van der Waals surface area contributed by atoms with Crippen LogP contribution in [0.3, 0.4) is 0 Å². The van der Waals surface area contributed by atoms with Crippen molar-refractivity contribution in [1.29, 1.82) is 0 Å². The van der Waals surface area contributed by atoms with Crippen molar-refractivity contribution >= 4 is 38.1 Å². The number of anilines is 1. The lowest BCUT2D eigenvalue weighted by atomic mass is 10.3. The maximum Gasteiger partial charge on any atom is 0.180 e. The molecule has 3 nitrogen and oxygen atoms in total. The molecule has 14 heavy (non-hydrogen) atoms. The van der Waals surface area contributed by atoms with Gasteiger partial charge in [-0.05, 0) is 47.2 Å². The molecule has 0 aliphatic carbocycles. The van der Waals surface area contributed by atoms with E-state index in [1.807, 2.05) is 12.1 Å². The summed E-state index contributed by atoms with van der Waals surface area (Å²) in [6.07, 6.45) is 0.674. The molecular weight excluding hydrogens is 313 g/mol. The number of fused-ring (bicyclic) bond motifs is 1. The summed E-state index contributed by atoms with van der Waals surface area (Å²) in [6, 6.07) is 5.38. The average Bonchev–Trinajstić information content (AvgIpc) is 2.25. The predicted molar refractivity (Wildman–Crippen MR) is 64.3 cm³/mol. The van der Waals surface area contributed by atoms with E-state index in [1.54, 1.807) is 6.07 Å². The molecule has 0 saturated carbocycles. The second kappa shape index (κ2) is 3.69. The zero-order valence-electron chi connectivity index (χ0n) is 7.46. The quantitative estimate of drug-likeness (QED) is 0.742. The van der Waals surface area contributed by atoms with Crippen LogP contribution in [0, 0.1) is 3.57 Å². The van der Waals surface area contributed by atoms with Crippen LogP contribution < -0.4 is 5.32 Å². The third kappa shape index (κ3) is 1.88. The SMILES string of the molecule is O=S1(=O)CCCNc2cc(I)ccc21. The minimum absolute atomic E-state index is 0.244. The Morgan fingerprint density at radius 1 is 1.36 bits per heavy atom. The van der Waals surface area contributed by atoms with Gasteiger partial charge >= 0.3 is 0 Å². The van der Waals surface area contributed by atoms with E-state index in [4.69, 9.17) is 0 Å². The fourth-order valence-corrected chi connectivity index (χ4v) is 3.48. The Bertz CT molecular complexity index is 456. The van der Waals surface area contributed by atoms with Crippen LogP contribution in [0.25, 0.3) is 0 Å². The van der Waals surface area contributed by atoms with Crippen molar-refractivity contribution in [2.45, 2.75) is 11.3 Å². The number of hydrogen-bond donors (Lipinski definition) is 1. The first kappa shape index (κ1) is 10.2. The van der Waals surface area contributed by atoms with Crippen LogP contribution in [-0.2, 0) is 9.84 Å². The zero-order valence-corrected chi connectivity index (χ0v) is 10.4. The first-order valence-electron chi connectivity index (χ1n) is 4.36. The molecule has 0 bridgehead atoms. The van der Waals surface area contributed by atoms with Crippen LogP contribution in [0.2, 0.25) is 0 Å². The van der Waals surface area contributed by atoms with Gasteiger partial charge in [-0.25, -0.2) is 8.42 Å². The van der Waals surface area contributed by atoms with Crippen LogP contribution in [0.5, 0.6) is 0 Å². The topological polar surface area (TPSA) is 46.2 Å². The predicted octanol–water partition coefficient (Wildman–Crippen LogP) is 1.88. The van der Waals surface area contributed by atoms with Crippen LogP contribution in [0.1, 0.15) is 6.42 Å². The number of benzene rings is 1. The maximum absolute atomic E-state index is 11.8. The van der Waals surface area contributed by atoms with E-state index in [0.29, 0.717) is 11.3 Å². The molecule has 1 N–H and O–H groups in total. The van der Waals surface area contributed by atoms with E-state index >= 15 is 0 Å². The van der Waals surface area contributed by atoms with Crippen molar-refractivity contribution in [2.75, 3.05) is 17.6 Å². The molecule has 0 spiro atoms. The highest BCUT2D eigenvalue weighted by Gasteiger charge is 2.21.